The number of carbonyl (C=O) groups is 2. The van der Waals surface area contributed by atoms with Crippen LogP contribution in [0.3, 0.4) is 0 Å². The molecule has 1 atom stereocenters. The molecular weight excluding hydrogens is 342 g/mol. The molecule has 1 aliphatic heterocycles. The van der Waals surface area contributed by atoms with Crippen molar-refractivity contribution in [3.8, 4) is 0 Å². The summed E-state index contributed by atoms with van der Waals surface area (Å²) in [6, 6.07) is 5.61. The molecule has 0 spiro atoms. The predicted molar refractivity (Wildman–Crippen MR) is 108 cm³/mol. The Morgan fingerprint density at radius 3 is 2.48 bits per heavy atom. The number of carbonyl (C=O) groups excluding carboxylic acids is 2. The van der Waals surface area contributed by atoms with Crippen LogP contribution in [-0.2, 0) is 4.79 Å². The summed E-state index contributed by atoms with van der Waals surface area (Å²) in [6.07, 6.45) is 1.99. The summed E-state index contributed by atoms with van der Waals surface area (Å²) in [5, 5.41) is 8.37. The highest BCUT2D eigenvalue weighted by Crippen LogP contribution is 2.24. The molecule has 0 radical (unpaired) electrons. The minimum Gasteiger partial charge on any atom is -0.374 e. The molecule has 1 saturated heterocycles. The molecule has 1 unspecified atom stereocenters. The molecule has 7 heteroatoms. The van der Waals surface area contributed by atoms with Gasteiger partial charge in [-0.25, -0.2) is 4.79 Å². The van der Waals surface area contributed by atoms with Gasteiger partial charge in [-0.1, -0.05) is 6.92 Å². The summed E-state index contributed by atoms with van der Waals surface area (Å²) < 4.78 is 0. The number of amides is 3. The maximum Gasteiger partial charge on any atom is 0.321 e. The fourth-order valence-corrected chi connectivity index (χ4v) is 3.30. The lowest BCUT2D eigenvalue weighted by atomic mass is 10.1. The number of hydrogen-bond donors (Lipinski definition) is 3. The first-order chi connectivity index (χ1) is 13.0. The van der Waals surface area contributed by atoms with Gasteiger partial charge in [0, 0.05) is 43.6 Å². The first kappa shape index (κ1) is 19.5. The molecule has 1 aliphatic carbocycles. The molecule has 3 rings (SSSR count). The van der Waals surface area contributed by atoms with Crippen molar-refractivity contribution in [2.24, 2.45) is 0 Å². The van der Waals surface area contributed by atoms with Crippen molar-refractivity contribution in [2.75, 3.05) is 42.9 Å². The largest absolute Gasteiger partial charge is 0.374 e. The third-order valence-corrected chi connectivity index (χ3v) is 5.31. The number of benzene rings is 1. The van der Waals surface area contributed by atoms with E-state index >= 15 is 0 Å². The molecule has 1 aromatic rings. The monoisotopic (exact) mass is 373 g/mol. The second-order valence-electron chi connectivity index (χ2n) is 7.52. The maximum atomic E-state index is 12.2. The third kappa shape index (κ3) is 5.35. The van der Waals surface area contributed by atoms with Crippen LogP contribution in [0.4, 0.5) is 16.2 Å². The van der Waals surface area contributed by atoms with Crippen LogP contribution in [0.2, 0.25) is 0 Å². The lowest BCUT2D eigenvalue weighted by Gasteiger charge is -2.35. The second kappa shape index (κ2) is 8.61. The zero-order valence-corrected chi connectivity index (χ0v) is 16.5. The molecule has 148 valence electrons. The molecule has 1 aromatic carbocycles. The topological polar surface area (TPSA) is 76.7 Å². The Bertz CT molecular complexity index is 681. The minimum absolute atomic E-state index is 0.232. The van der Waals surface area contributed by atoms with Gasteiger partial charge in [-0.15, -0.1) is 0 Å². The number of aryl methyl sites for hydroxylation is 1. The number of piperazine rings is 1. The number of likely N-dealkylation sites (N-methyl/N-ethyl adjacent to an activating group) is 1. The predicted octanol–water partition coefficient (Wildman–Crippen LogP) is 1.93. The van der Waals surface area contributed by atoms with Crippen molar-refractivity contribution in [2.45, 2.75) is 45.7 Å². The van der Waals surface area contributed by atoms with E-state index in [2.05, 4.69) is 44.8 Å². The van der Waals surface area contributed by atoms with Crippen molar-refractivity contribution in [1.82, 2.24) is 15.5 Å². The summed E-state index contributed by atoms with van der Waals surface area (Å²) >= 11 is 0. The van der Waals surface area contributed by atoms with Crippen molar-refractivity contribution >= 4 is 23.3 Å². The van der Waals surface area contributed by atoms with Gasteiger partial charge in [-0.05, 0) is 57.0 Å². The summed E-state index contributed by atoms with van der Waals surface area (Å²) in [5.74, 6) is -0.327. The van der Waals surface area contributed by atoms with Crippen LogP contribution in [-0.4, -0.2) is 61.6 Å². The van der Waals surface area contributed by atoms with Crippen LogP contribution >= 0.6 is 0 Å². The molecule has 3 amide bonds. The van der Waals surface area contributed by atoms with Gasteiger partial charge in [0.25, 0.3) is 0 Å². The van der Waals surface area contributed by atoms with E-state index in [1.54, 1.807) is 6.92 Å². The van der Waals surface area contributed by atoms with Gasteiger partial charge in [-0.2, -0.15) is 0 Å². The van der Waals surface area contributed by atoms with Crippen molar-refractivity contribution in [3.63, 3.8) is 0 Å². The molecule has 1 saturated carbocycles. The van der Waals surface area contributed by atoms with E-state index < -0.39 is 12.1 Å². The first-order valence-corrected chi connectivity index (χ1v) is 9.92. The Morgan fingerprint density at radius 1 is 1.19 bits per heavy atom. The number of nitrogens with one attached hydrogen (secondary N) is 3. The van der Waals surface area contributed by atoms with Gasteiger partial charge >= 0.3 is 6.03 Å². The maximum absolute atomic E-state index is 12.2. The number of hydrogen-bond acceptors (Lipinski definition) is 5. The summed E-state index contributed by atoms with van der Waals surface area (Å²) in [6.45, 7) is 11.4. The van der Waals surface area contributed by atoms with Gasteiger partial charge in [-0.3, -0.25) is 10.1 Å². The molecule has 7 nitrogen and oxygen atoms in total. The highest BCUT2D eigenvalue weighted by Gasteiger charge is 2.25. The summed E-state index contributed by atoms with van der Waals surface area (Å²) in [7, 11) is 0. The minimum atomic E-state index is -0.493. The molecular formula is C20H31N5O2. The van der Waals surface area contributed by atoms with Crippen LogP contribution in [0.25, 0.3) is 0 Å². The van der Waals surface area contributed by atoms with E-state index in [1.807, 2.05) is 13.0 Å². The summed E-state index contributed by atoms with van der Waals surface area (Å²) in [4.78, 5) is 28.8. The quantitative estimate of drug-likeness (QED) is 0.710. The van der Waals surface area contributed by atoms with E-state index in [4.69, 9.17) is 0 Å². The molecule has 2 aliphatic rings. The first-order valence-electron chi connectivity index (χ1n) is 9.92. The van der Waals surface area contributed by atoms with Crippen LogP contribution in [0.1, 0.15) is 32.3 Å². The second-order valence-corrected chi connectivity index (χ2v) is 7.52. The average molecular weight is 374 g/mol. The highest BCUT2D eigenvalue weighted by atomic mass is 16.2. The van der Waals surface area contributed by atoms with Gasteiger partial charge in [0.1, 0.15) is 6.04 Å². The van der Waals surface area contributed by atoms with E-state index in [0.29, 0.717) is 0 Å². The smallest absolute Gasteiger partial charge is 0.321 e. The van der Waals surface area contributed by atoms with Gasteiger partial charge < -0.3 is 20.4 Å². The van der Waals surface area contributed by atoms with Crippen molar-refractivity contribution in [1.29, 1.82) is 0 Å². The zero-order chi connectivity index (χ0) is 19.4. The average Bonchev–Trinajstić information content (AvgIpc) is 3.47. The lowest BCUT2D eigenvalue weighted by molar-refractivity contribution is -0.120. The van der Waals surface area contributed by atoms with Crippen LogP contribution in [0.5, 0.6) is 0 Å². The Labute approximate surface area is 161 Å². The van der Waals surface area contributed by atoms with Crippen LogP contribution < -0.4 is 20.9 Å². The molecule has 1 heterocycles. The third-order valence-electron chi connectivity index (χ3n) is 5.31. The van der Waals surface area contributed by atoms with Gasteiger partial charge in [0.05, 0.1) is 0 Å². The summed E-state index contributed by atoms with van der Waals surface area (Å²) in [5.41, 5.74) is 3.22. The van der Waals surface area contributed by atoms with Crippen molar-refractivity contribution < 1.29 is 9.59 Å². The normalized spacial score (nSPS) is 18.7. The Hall–Kier alpha value is -2.28. The molecule has 0 aromatic heterocycles. The van der Waals surface area contributed by atoms with E-state index in [1.165, 1.54) is 5.69 Å². The van der Waals surface area contributed by atoms with Crippen LogP contribution in [0, 0.1) is 6.92 Å². The van der Waals surface area contributed by atoms with Crippen molar-refractivity contribution in [3.05, 3.63) is 23.8 Å². The van der Waals surface area contributed by atoms with E-state index in [0.717, 1.165) is 56.8 Å². The fourth-order valence-electron chi connectivity index (χ4n) is 3.30. The van der Waals surface area contributed by atoms with Crippen LogP contribution in [0.15, 0.2) is 18.2 Å². The molecule has 27 heavy (non-hydrogen) atoms. The lowest BCUT2D eigenvalue weighted by Crippen LogP contribution is -2.46. The molecule has 2 fully saturated rings. The molecule has 0 bridgehead atoms. The number of urea groups is 1. The Morgan fingerprint density at radius 2 is 1.89 bits per heavy atom. The number of rotatable bonds is 6. The highest BCUT2D eigenvalue weighted by molar-refractivity contribution is 5.98. The number of anilines is 2. The SMILES string of the molecule is CCN1CCN(c2ccc(NC(C)C(=O)NC(=O)NC3CC3)c(C)c2)CC1. The molecule has 3 N–H and O–H groups in total. The van der Waals surface area contributed by atoms with Gasteiger partial charge in [0.15, 0.2) is 0 Å². The van der Waals surface area contributed by atoms with E-state index in [9.17, 15) is 9.59 Å². The number of nitrogens with zero attached hydrogens (tertiary/aromatic N) is 2. The van der Waals surface area contributed by atoms with E-state index in [-0.39, 0.29) is 11.9 Å². The Kier molecular flexibility index (Phi) is 6.21. The van der Waals surface area contributed by atoms with Gasteiger partial charge in [0.2, 0.25) is 5.91 Å². The standard InChI is InChI=1S/C20H31N5O2/c1-4-24-9-11-25(12-10-24)17-7-8-18(14(2)13-17)21-15(3)19(26)23-20(27)22-16-5-6-16/h7-8,13,15-16,21H,4-6,9-12H2,1-3H3,(H2,22,23,26,27). The Balaban J connectivity index is 1.53. The zero-order valence-electron chi connectivity index (χ0n) is 16.5. The number of imide groups is 1. The fraction of sp³-hybridized carbons (Fsp3) is 0.600.